The molecule has 6 heteroatoms. The van der Waals surface area contributed by atoms with Gasteiger partial charge >= 0.3 is 0 Å². The van der Waals surface area contributed by atoms with Crippen LogP contribution in [-0.4, -0.2) is 42.6 Å². The van der Waals surface area contributed by atoms with E-state index in [1.807, 2.05) is 0 Å². The zero-order valence-electron chi connectivity index (χ0n) is 10.8. The number of hydrogen-bond acceptors (Lipinski definition) is 6. The maximum absolute atomic E-state index is 5.83. The van der Waals surface area contributed by atoms with Crippen molar-refractivity contribution in [1.82, 2.24) is 10.1 Å². The molecule has 0 radical (unpaired) electrons. The van der Waals surface area contributed by atoms with Crippen molar-refractivity contribution < 1.29 is 14.0 Å². The molecule has 2 rings (SSSR count). The molecule has 1 saturated heterocycles. The van der Waals surface area contributed by atoms with Gasteiger partial charge < -0.3 is 19.7 Å². The minimum absolute atomic E-state index is 0.103. The van der Waals surface area contributed by atoms with E-state index in [9.17, 15) is 0 Å². The van der Waals surface area contributed by atoms with Gasteiger partial charge in [-0.2, -0.15) is 4.98 Å². The topological polar surface area (TPSA) is 83.4 Å². The Morgan fingerprint density at radius 3 is 3.11 bits per heavy atom. The van der Waals surface area contributed by atoms with Crippen LogP contribution in [0.1, 0.15) is 31.0 Å². The predicted molar refractivity (Wildman–Crippen MR) is 65.1 cm³/mol. The Morgan fingerprint density at radius 2 is 2.39 bits per heavy atom. The van der Waals surface area contributed by atoms with Crippen LogP contribution in [0.25, 0.3) is 0 Å². The Kier molecular flexibility index (Phi) is 5.10. The zero-order valence-corrected chi connectivity index (χ0v) is 10.8. The minimum atomic E-state index is -0.103. The number of hydrogen-bond donors (Lipinski definition) is 1. The summed E-state index contributed by atoms with van der Waals surface area (Å²) in [5.41, 5.74) is 5.83. The van der Waals surface area contributed by atoms with Crippen molar-refractivity contribution in [2.45, 2.75) is 44.2 Å². The van der Waals surface area contributed by atoms with Gasteiger partial charge in [-0.3, -0.25) is 0 Å². The first-order valence-electron chi connectivity index (χ1n) is 6.45. The molecule has 2 N–H and O–H groups in total. The molecule has 2 heterocycles. The first-order chi connectivity index (χ1) is 8.78. The number of nitrogens with two attached hydrogens (primary N) is 1. The van der Waals surface area contributed by atoms with E-state index in [4.69, 9.17) is 19.7 Å². The van der Waals surface area contributed by atoms with Crippen molar-refractivity contribution in [2.75, 3.05) is 20.3 Å². The quantitative estimate of drug-likeness (QED) is 0.805. The summed E-state index contributed by atoms with van der Waals surface area (Å²) in [4.78, 5) is 4.33. The Bertz CT molecular complexity index is 350. The van der Waals surface area contributed by atoms with E-state index >= 15 is 0 Å². The molecule has 2 atom stereocenters. The van der Waals surface area contributed by atoms with Crippen molar-refractivity contribution in [3.63, 3.8) is 0 Å². The van der Waals surface area contributed by atoms with E-state index in [1.54, 1.807) is 7.11 Å². The molecule has 18 heavy (non-hydrogen) atoms. The summed E-state index contributed by atoms with van der Waals surface area (Å²) < 4.78 is 15.8. The molecule has 0 amide bonds. The lowest BCUT2D eigenvalue weighted by molar-refractivity contribution is 0.0153. The fraction of sp³-hybridized carbons (Fsp3) is 0.833. The lowest BCUT2D eigenvalue weighted by atomic mass is 10.1. The van der Waals surface area contributed by atoms with E-state index in [1.165, 1.54) is 6.42 Å². The fourth-order valence-corrected chi connectivity index (χ4v) is 2.13. The first kappa shape index (κ1) is 13.5. The number of ether oxygens (including phenoxy) is 2. The van der Waals surface area contributed by atoms with Crippen molar-refractivity contribution >= 4 is 0 Å². The molecule has 6 nitrogen and oxygen atoms in total. The van der Waals surface area contributed by atoms with Crippen LogP contribution in [0.3, 0.4) is 0 Å². The molecule has 1 aromatic heterocycles. The molecule has 1 aromatic rings. The maximum atomic E-state index is 5.83. The number of aromatic nitrogens is 2. The van der Waals surface area contributed by atoms with Gasteiger partial charge in [0.1, 0.15) is 0 Å². The molecular weight excluding hydrogens is 234 g/mol. The first-order valence-corrected chi connectivity index (χ1v) is 6.45. The van der Waals surface area contributed by atoms with Gasteiger partial charge in [0.05, 0.1) is 12.7 Å². The fourth-order valence-electron chi connectivity index (χ4n) is 2.13. The number of methoxy groups -OCH3 is 1. The number of rotatable bonds is 6. The van der Waals surface area contributed by atoms with Gasteiger partial charge in [-0.15, -0.1) is 0 Å². The average Bonchev–Trinajstić information content (AvgIpc) is 2.78. The second-order valence-corrected chi connectivity index (χ2v) is 4.72. The van der Waals surface area contributed by atoms with Crippen molar-refractivity contribution in [2.24, 2.45) is 5.73 Å². The summed E-state index contributed by atoms with van der Waals surface area (Å²) in [5.74, 6) is 1.28. The third-order valence-electron chi connectivity index (χ3n) is 3.01. The Morgan fingerprint density at radius 1 is 1.50 bits per heavy atom. The van der Waals surface area contributed by atoms with E-state index in [0.29, 0.717) is 24.7 Å². The van der Waals surface area contributed by atoms with Crippen LogP contribution in [0.2, 0.25) is 0 Å². The van der Waals surface area contributed by atoms with Crippen molar-refractivity contribution in [1.29, 1.82) is 0 Å². The molecule has 0 spiro atoms. The lowest BCUT2D eigenvalue weighted by Crippen LogP contribution is -2.28. The van der Waals surface area contributed by atoms with Crippen LogP contribution in [0, 0.1) is 0 Å². The summed E-state index contributed by atoms with van der Waals surface area (Å²) in [6.45, 7) is 1.33. The second kappa shape index (κ2) is 6.82. The third kappa shape index (κ3) is 4.04. The Hall–Kier alpha value is -0.980. The number of nitrogens with zero attached hydrogens (tertiary/aromatic N) is 2. The molecule has 0 saturated carbocycles. The highest BCUT2D eigenvalue weighted by Crippen LogP contribution is 2.16. The normalized spacial score (nSPS) is 22.0. The summed E-state index contributed by atoms with van der Waals surface area (Å²) in [6.07, 6.45) is 4.95. The summed E-state index contributed by atoms with van der Waals surface area (Å²) in [5, 5.41) is 3.96. The van der Waals surface area contributed by atoms with E-state index in [-0.39, 0.29) is 12.1 Å². The van der Waals surface area contributed by atoms with Crippen LogP contribution in [-0.2, 0) is 22.3 Å². The van der Waals surface area contributed by atoms with Gasteiger partial charge in [0, 0.05) is 32.6 Å². The highest BCUT2D eigenvalue weighted by atomic mass is 16.5. The minimum Gasteiger partial charge on any atom is -0.383 e. The second-order valence-electron chi connectivity index (χ2n) is 4.72. The summed E-state index contributed by atoms with van der Waals surface area (Å²) in [7, 11) is 1.62. The van der Waals surface area contributed by atoms with Crippen LogP contribution in [0.4, 0.5) is 0 Å². The van der Waals surface area contributed by atoms with Gasteiger partial charge in [-0.1, -0.05) is 5.16 Å². The third-order valence-corrected chi connectivity index (χ3v) is 3.01. The largest absolute Gasteiger partial charge is 0.383 e. The molecule has 2 unspecified atom stereocenters. The van der Waals surface area contributed by atoms with Crippen molar-refractivity contribution in [3.05, 3.63) is 11.7 Å². The van der Waals surface area contributed by atoms with Gasteiger partial charge in [-0.25, -0.2) is 0 Å². The smallest absolute Gasteiger partial charge is 0.228 e. The van der Waals surface area contributed by atoms with Crippen LogP contribution >= 0.6 is 0 Å². The highest BCUT2D eigenvalue weighted by Gasteiger charge is 2.18. The molecular formula is C12H21N3O3. The lowest BCUT2D eigenvalue weighted by Gasteiger charge is -2.20. The SMILES string of the molecule is COCC(N)Cc1nc(CC2CCCCO2)no1. The molecule has 1 aliphatic rings. The Labute approximate surface area is 107 Å². The molecule has 0 aliphatic carbocycles. The van der Waals surface area contributed by atoms with Gasteiger partial charge in [0.25, 0.3) is 0 Å². The van der Waals surface area contributed by atoms with Crippen LogP contribution in [0.5, 0.6) is 0 Å². The van der Waals surface area contributed by atoms with E-state index in [2.05, 4.69) is 10.1 Å². The standard InChI is InChI=1S/C12H21N3O3/c1-16-8-9(13)6-12-14-11(15-18-12)7-10-4-2-3-5-17-10/h9-10H,2-8,13H2,1H3. The molecule has 0 bridgehead atoms. The summed E-state index contributed by atoms with van der Waals surface area (Å²) in [6, 6.07) is -0.103. The highest BCUT2D eigenvalue weighted by molar-refractivity contribution is 4.91. The molecule has 1 fully saturated rings. The maximum Gasteiger partial charge on any atom is 0.228 e. The molecule has 1 aliphatic heterocycles. The average molecular weight is 255 g/mol. The van der Waals surface area contributed by atoms with Gasteiger partial charge in [-0.05, 0) is 19.3 Å². The van der Waals surface area contributed by atoms with Crippen LogP contribution < -0.4 is 5.73 Å². The summed E-state index contributed by atoms with van der Waals surface area (Å²) >= 11 is 0. The van der Waals surface area contributed by atoms with Gasteiger partial charge in [0.15, 0.2) is 5.82 Å². The van der Waals surface area contributed by atoms with Crippen LogP contribution in [0.15, 0.2) is 4.52 Å². The van der Waals surface area contributed by atoms with E-state index in [0.717, 1.165) is 25.9 Å². The van der Waals surface area contributed by atoms with Gasteiger partial charge in [0.2, 0.25) is 5.89 Å². The van der Waals surface area contributed by atoms with Crippen molar-refractivity contribution in [3.8, 4) is 0 Å². The zero-order chi connectivity index (χ0) is 12.8. The predicted octanol–water partition coefficient (Wildman–Crippen LogP) is 0.697. The molecule has 0 aromatic carbocycles. The van der Waals surface area contributed by atoms with E-state index < -0.39 is 0 Å². The molecule has 102 valence electrons. The monoisotopic (exact) mass is 255 g/mol. The Balaban J connectivity index is 1.81.